The molecule has 0 aliphatic carbocycles. The lowest BCUT2D eigenvalue weighted by atomic mass is 10.1. The molecule has 0 unspecified atom stereocenters. The summed E-state index contributed by atoms with van der Waals surface area (Å²) in [6.45, 7) is 12.5. The number of carbonyl (C=O) groups excluding carboxylic acids is 1. The molecule has 2 N–H and O–H groups in total. The molecular weight excluding hydrogens is 264 g/mol. The molecule has 1 heterocycles. The van der Waals surface area contributed by atoms with Crippen LogP contribution in [-0.4, -0.2) is 62.2 Å². The Bertz CT molecular complexity index is 359. The SMILES string of the molecule is C/C(C1=NCCCN(C)C1)=C(/N)C(=O)N(C)C.CC.CC. The number of amides is 1. The Balaban J connectivity index is 0. The second-order valence-electron chi connectivity index (χ2n) is 4.66. The Kier molecular flexibility index (Phi) is 12.9. The van der Waals surface area contributed by atoms with Crippen LogP contribution in [0.3, 0.4) is 0 Å². The van der Waals surface area contributed by atoms with Crippen LogP contribution in [0.4, 0.5) is 0 Å². The summed E-state index contributed by atoms with van der Waals surface area (Å²) in [5.41, 5.74) is 7.91. The minimum atomic E-state index is -0.155. The monoisotopic (exact) mass is 298 g/mol. The van der Waals surface area contributed by atoms with Crippen molar-refractivity contribution < 1.29 is 4.79 Å². The molecule has 5 nitrogen and oxygen atoms in total. The average molecular weight is 298 g/mol. The van der Waals surface area contributed by atoms with Crippen molar-refractivity contribution in [1.29, 1.82) is 0 Å². The van der Waals surface area contributed by atoms with Gasteiger partial charge in [0.15, 0.2) is 0 Å². The van der Waals surface area contributed by atoms with E-state index in [0.717, 1.165) is 37.3 Å². The highest BCUT2D eigenvalue weighted by atomic mass is 16.2. The summed E-state index contributed by atoms with van der Waals surface area (Å²) in [5, 5.41) is 0. The van der Waals surface area contributed by atoms with Gasteiger partial charge in [0, 0.05) is 33.7 Å². The van der Waals surface area contributed by atoms with Crippen LogP contribution < -0.4 is 5.73 Å². The molecule has 1 aliphatic rings. The van der Waals surface area contributed by atoms with Gasteiger partial charge in [0.05, 0.1) is 5.71 Å². The predicted octanol–water partition coefficient (Wildman–Crippen LogP) is 2.14. The second-order valence-corrected chi connectivity index (χ2v) is 4.66. The maximum Gasteiger partial charge on any atom is 0.269 e. The first-order chi connectivity index (χ1) is 9.93. The zero-order valence-corrected chi connectivity index (χ0v) is 15.2. The maximum absolute atomic E-state index is 11.8. The molecule has 0 saturated carbocycles. The second kappa shape index (κ2) is 12.4. The molecule has 21 heavy (non-hydrogen) atoms. The van der Waals surface area contributed by atoms with Crippen molar-refractivity contribution in [3.63, 3.8) is 0 Å². The molecule has 0 bridgehead atoms. The van der Waals surface area contributed by atoms with Crippen LogP contribution in [0, 0.1) is 0 Å². The van der Waals surface area contributed by atoms with E-state index in [9.17, 15) is 4.79 Å². The van der Waals surface area contributed by atoms with E-state index in [1.807, 2.05) is 34.6 Å². The van der Waals surface area contributed by atoms with Crippen molar-refractivity contribution in [2.24, 2.45) is 10.7 Å². The van der Waals surface area contributed by atoms with Gasteiger partial charge in [0.2, 0.25) is 0 Å². The molecule has 124 valence electrons. The van der Waals surface area contributed by atoms with Gasteiger partial charge in [-0.2, -0.15) is 0 Å². The molecule has 0 spiro atoms. The highest BCUT2D eigenvalue weighted by Gasteiger charge is 2.17. The maximum atomic E-state index is 11.8. The molecule has 0 aromatic rings. The molecule has 5 heteroatoms. The number of rotatable bonds is 2. The van der Waals surface area contributed by atoms with E-state index in [2.05, 4.69) is 16.9 Å². The molecule has 0 atom stereocenters. The summed E-state index contributed by atoms with van der Waals surface area (Å²) in [7, 11) is 5.45. The van der Waals surface area contributed by atoms with Crippen molar-refractivity contribution in [3.8, 4) is 0 Å². The van der Waals surface area contributed by atoms with Crippen LogP contribution >= 0.6 is 0 Å². The van der Waals surface area contributed by atoms with Gasteiger partial charge in [-0.1, -0.05) is 27.7 Å². The molecule has 0 radical (unpaired) electrons. The van der Waals surface area contributed by atoms with Crippen LogP contribution in [0.1, 0.15) is 41.0 Å². The normalized spacial score (nSPS) is 16.1. The first-order valence-corrected chi connectivity index (χ1v) is 7.83. The summed E-state index contributed by atoms with van der Waals surface area (Å²) in [4.78, 5) is 20.0. The fourth-order valence-electron chi connectivity index (χ4n) is 1.73. The van der Waals surface area contributed by atoms with Gasteiger partial charge >= 0.3 is 0 Å². The summed E-state index contributed by atoms with van der Waals surface area (Å²) >= 11 is 0. The van der Waals surface area contributed by atoms with Gasteiger partial charge in [-0.05, 0) is 26.0 Å². The highest BCUT2D eigenvalue weighted by Crippen LogP contribution is 2.08. The molecule has 0 saturated heterocycles. The van der Waals surface area contributed by atoms with E-state index in [-0.39, 0.29) is 5.91 Å². The van der Waals surface area contributed by atoms with Gasteiger partial charge in [-0.3, -0.25) is 9.79 Å². The van der Waals surface area contributed by atoms with Crippen LogP contribution in [0.25, 0.3) is 0 Å². The van der Waals surface area contributed by atoms with Crippen LogP contribution in [-0.2, 0) is 4.79 Å². The fraction of sp³-hybridized carbons (Fsp3) is 0.750. The number of hydrogen-bond acceptors (Lipinski definition) is 4. The third-order valence-corrected chi connectivity index (χ3v) is 2.89. The standard InChI is InChI=1S/C12H22N4O.2C2H6/c1-9(11(13)12(17)15(2)3)10-8-16(4)7-5-6-14-10;2*1-2/h5-8,13H2,1-4H3;2*1-2H3/b11-9-;;. The lowest BCUT2D eigenvalue weighted by Crippen LogP contribution is -2.32. The minimum absolute atomic E-state index is 0.155. The number of aliphatic imine (C=N–C) groups is 1. The van der Waals surface area contributed by atoms with Crippen molar-refractivity contribution in [2.75, 3.05) is 40.8 Å². The van der Waals surface area contributed by atoms with E-state index in [0.29, 0.717) is 5.70 Å². The van der Waals surface area contributed by atoms with Gasteiger partial charge in [-0.15, -0.1) is 0 Å². The highest BCUT2D eigenvalue weighted by molar-refractivity contribution is 6.08. The molecule has 0 fully saturated rings. The molecule has 0 aromatic heterocycles. The van der Waals surface area contributed by atoms with Gasteiger partial charge in [-0.25, -0.2) is 0 Å². The lowest BCUT2D eigenvalue weighted by Gasteiger charge is -2.17. The Morgan fingerprint density at radius 3 is 2.24 bits per heavy atom. The van der Waals surface area contributed by atoms with Crippen molar-refractivity contribution in [1.82, 2.24) is 9.80 Å². The summed E-state index contributed by atoms with van der Waals surface area (Å²) in [6, 6.07) is 0. The fourth-order valence-corrected chi connectivity index (χ4v) is 1.73. The number of nitrogens with two attached hydrogens (primary N) is 1. The first-order valence-electron chi connectivity index (χ1n) is 7.83. The van der Waals surface area contributed by atoms with Gasteiger partial charge in [0.1, 0.15) is 5.70 Å². The van der Waals surface area contributed by atoms with E-state index < -0.39 is 0 Å². The van der Waals surface area contributed by atoms with E-state index in [1.165, 1.54) is 4.90 Å². The smallest absolute Gasteiger partial charge is 0.269 e. The van der Waals surface area contributed by atoms with Crippen LogP contribution in [0.5, 0.6) is 0 Å². The Morgan fingerprint density at radius 1 is 1.24 bits per heavy atom. The minimum Gasteiger partial charge on any atom is -0.394 e. The Hall–Kier alpha value is -1.36. The zero-order valence-electron chi connectivity index (χ0n) is 15.2. The van der Waals surface area contributed by atoms with Crippen LogP contribution in [0.15, 0.2) is 16.3 Å². The first kappa shape index (κ1) is 21.9. The number of carbonyl (C=O) groups is 1. The zero-order chi connectivity index (χ0) is 17.0. The molecular formula is C16H34N4O. The number of hydrogen-bond donors (Lipinski definition) is 1. The number of likely N-dealkylation sites (N-methyl/N-ethyl adjacent to an activating group) is 1. The average Bonchev–Trinajstić information content (AvgIpc) is 2.73. The third kappa shape index (κ3) is 7.85. The summed E-state index contributed by atoms with van der Waals surface area (Å²) < 4.78 is 0. The summed E-state index contributed by atoms with van der Waals surface area (Å²) in [6.07, 6.45) is 1.05. The van der Waals surface area contributed by atoms with Gasteiger partial charge in [0.25, 0.3) is 5.91 Å². The van der Waals surface area contributed by atoms with E-state index in [1.54, 1.807) is 14.1 Å². The number of nitrogens with zero attached hydrogens (tertiary/aromatic N) is 3. The topological polar surface area (TPSA) is 61.9 Å². The molecule has 1 aliphatic heterocycles. The lowest BCUT2D eigenvalue weighted by molar-refractivity contribution is -0.124. The van der Waals surface area contributed by atoms with Crippen molar-refractivity contribution in [2.45, 2.75) is 41.0 Å². The van der Waals surface area contributed by atoms with Gasteiger partial charge < -0.3 is 15.5 Å². The summed E-state index contributed by atoms with van der Waals surface area (Å²) in [5.74, 6) is -0.155. The Labute approximate surface area is 130 Å². The van der Waals surface area contributed by atoms with Crippen molar-refractivity contribution in [3.05, 3.63) is 11.3 Å². The largest absolute Gasteiger partial charge is 0.394 e. The third-order valence-electron chi connectivity index (χ3n) is 2.89. The quantitative estimate of drug-likeness (QED) is 0.794. The molecule has 1 amide bonds. The predicted molar refractivity (Wildman–Crippen MR) is 92.7 cm³/mol. The van der Waals surface area contributed by atoms with Crippen molar-refractivity contribution >= 4 is 11.6 Å². The van der Waals surface area contributed by atoms with E-state index >= 15 is 0 Å². The van der Waals surface area contributed by atoms with Crippen LogP contribution in [0.2, 0.25) is 0 Å². The molecule has 0 aromatic carbocycles. The van der Waals surface area contributed by atoms with E-state index in [4.69, 9.17) is 5.73 Å². The Morgan fingerprint density at radius 2 is 1.76 bits per heavy atom. The molecule has 1 rings (SSSR count).